The normalized spacial score (nSPS) is 11.7. The summed E-state index contributed by atoms with van der Waals surface area (Å²) in [4.78, 5) is 4.34. The topological polar surface area (TPSA) is 76.0 Å². The van der Waals surface area contributed by atoms with E-state index in [0.717, 1.165) is 11.4 Å². The fourth-order valence-corrected chi connectivity index (χ4v) is 3.69. The smallest absolute Gasteiger partial charge is 0.265 e. The van der Waals surface area contributed by atoms with Gasteiger partial charge in [-0.2, -0.15) is 0 Å². The molecular weight excluding hydrogens is 284 g/mol. The Labute approximate surface area is 116 Å². The van der Waals surface area contributed by atoms with Crippen molar-refractivity contribution in [3.05, 3.63) is 29.0 Å². The Morgan fingerprint density at radius 2 is 2.21 bits per heavy atom. The minimum absolute atomic E-state index is 0.244. The van der Waals surface area contributed by atoms with E-state index in [4.69, 9.17) is 0 Å². The molecule has 8 heteroatoms. The predicted molar refractivity (Wildman–Crippen MR) is 75.8 cm³/mol. The maximum Gasteiger partial charge on any atom is 0.265 e. The molecule has 0 atom stereocenters. The average Bonchev–Trinajstić information content (AvgIpc) is 2.87. The van der Waals surface area contributed by atoms with Gasteiger partial charge in [0.25, 0.3) is 10.0 Å². The van der Waals surface area contributed by atoms with E-state index in [0.29, 0.717) is 11.7 Å². The third-order valence-corrected chi connectivity index (χ3v) is 4.90. The largest absolute Gasteiger partial charge is 0.352 e. The van der Waals surface area contributed by atoms with Gasteiger partial charge in [0.05, 0.1) is 5.69 Å². The monoisotopic (exact) mass is 300 g/mol. The zero-order chi connectivity index (χ0) is 14.0. The van der Waals surface area contributed by atoms with Crippen LogP contribution in [0.25, 0.3) is 0 Å². The first kappa shape index (κ1) is 14.0. The number of hydrogen-bond donors (Lipinski definition) is 2. The number of nitrogens with zero attached hydrogens (tertiary/aromatic N) is 2. The fourth-order valence-electron chi connectivity index (χ4n) is 1.66. The highest BCUT2D eigenvalue weighted by Gasteiger charge is 2.18. The molecule has 0 aliphatic heterocycles. The molecular formula is C11H16N4O2S2. The van der Waals surface area contributed by atoms with Crippen LogP contribution in [0.3, 0.4) is 0 Å². The summed E-state index contributed by atoms with van der Waals surface area (Å²) in [6.07, 6.45) is 1.59. The Morgan fingerprint density at radius 1 is 1.47 bits per heavy atom. The minimum atomic E-state index is -3.57. The van der Waals surface area contributed by atoms with E-state index in [2.05, 4.69) is 15.0 Å². The van der Waals surface area contributed by atoms with Crippen molar-refractivity contribution in [1.82, 2.24) is 14.9 Å². The van der Waals surface area contributed by atoms with E-state index in [1.165, 1.54) is 11.3 Å². The van der Waals surface area contributed by atoms with E-state index in [9.17, 15) is 8.42 Å². The summed E-state index contributed by atoms with van der Waals surface area (Å²) in [5.41, 5.74) is 1.70. The number of hydrogen-bond acceptors (Lipinski definition) is 5. The number of thiazole rings is 1. The molecule has 6 nitrogen and oxygen atoms in total. The van der Waals surface area contributed by atoms with E-state index < -0.39 is 10.0 Å². The van der Waals surface area contributed by atoms with Gasteiger partial charge in [0.15, 0.2) is 5.13 Å². The molecule has 0 spiro atoms. The van der Waals surface area contributed by atoms with Crippen molar-refractivity contribution in [1.29, 1.82) is 0 Å². The molecule has 0 saturated carbocycles. The van der Waals surface area contributed by atoms with Crippen LogP contribution in [-0.4, -0.2) is 25.0 Å². The second-order valence-corrected chi connectivity index (χ2v) is 6.75. The average molecular weight is 300 g/mol. The molecule has 0 amide bonds. The van der Waals surface area contributed by atoms with Crippen molar-refractivity contribution in [3.8, 4) is 0 Å². The first-order chi connectivity index (χ1) is 8.92. The van der Waals surface area contributed by atoms with Gasteiger partial charge < -0.3 is 9.88 Å². The standard InChI is InChI=1S/C11H16N4O2S2/c1-8-7-18-11(13-8)14-19(16,17)10-4-9(5-12-2)15(3)6-10/h4,6-7,12H,5H2,1-3H3,(H,13,14). The van der Waals surface area contributed by atoms with Crippen LogP contribution in [0.15, 0.2) is 22.5 Å². The Hall–Kier alpha value is -1.38. The fraction of sp³-hybridized carbons (Fsp3) is 0.364. The van der Waals surface area contributed by atoms with Crippen LogP contribution in [0.2, 0.25) is 0 Å². The van der Waals surface area contributed by atoms with Crippen LogP contribution in [0.1, 0.15) is 11.4 Å². The second kappa shape index (κ2) is 5.32. The molecule has 2 N–H and O–H groups in total. The predicted octanol–water partition coefficient (Wildman–Crippen LogP) is 1.31. The lowest BCUT2D eigenvalue weighted by Gasteiger charge is -2.01. The quantitative estimate of drug-likeness (QED) is 0.873. The Balaban J connectivity index is 2.26. The summed E-state index contributed by atoms with van der Waals surface area (Å²) < 4.78 is 28.7. The molecule has 0 aliphatic carbocycles. The maximum atomic E-state index is 12.2. The number of anilines is 1. The Morgan fingerprint density at radius 3 is 2.79 bits per heavy atom. The van der Waals surface area contributed by atoms with Crippen molar-refractivity contribution in [2.75, 3.05) is 11.8 Å². The van der Waals surface area contributed by atoms with Crippen LogP contribution in [0.5, 0.6) is 0 Å². The highest BCUT2D eigenvalue weighted by Crippen LogP contribution is 2.21. The number of rotatable bonds is 5. The summed E-state index contributed by atoms with van der Waals surface area (Å²) in [6, 6.07) is 1.65. The van der Waals surface area contributed by atoms with Gasteiger partial charge >= 0.3 is 0 Å². The van der Waals surface area contributed by atoms with Crippen LogP contribution in [0.4, 0.5) is 5.13 Å². The number of sulfonamides is 1. The summed E-state index contributed by atoms with van der Waals surface area (Å²) in [7, 11) is 0.0652. The van der Waals surface area contributed by atoms with Gasteiger partial charge in [-0.05, 0) is 20.0 Å². The molecule has 2 heterocycles. The lowest BCUT2D eigenvalue weighted by atomic mass is 10.4. The molecule has 0 unspecified atom stereocenters. The summed E-state index contributed by atoms with van der Waals surface area (Å²) >= 11 is 1.27. The SMILES string of the molecule is CNCc1cc(S(=O)(=O)Nc2nc(C)cs2)cn1C. The van der Waals surface area contributed by atoms with Crippen molar-refractivity contribution < 1.29 is 8.42 Å². The lowest BCUT2D eigenvalue weighted by Crippen LogP contribution is -2.12. The van der Waals surface area contributed by atoms with Gasteiger partial charge in [0, 0.05) is 30.9 Å². The van der Waals surface area contributed by atoms with Gasteiger partial charge in [0.1, 0.15) is 4.90 Å². The summed E-state index contributed by atoms with van der Waals surface area (Å²) in [5.74, 6) is 0. The summed E-state index contributed by atoms with van der Waals surface area (Å²) in [6.45, 7) is 2.43. The van der Waals surface area contributed by atoms with E-state index in [-0.39, 0.29) is 4.90 Å². The van der Waals surface area contributed by atoms with E-state index in [1.54, 1.807) is 22.2 Å². The molecule has 0 saturated heterocycles. The zero-order valence-electron chi connectivity index (χ0n) is 11.0. The summed E-state index contributed by atoms with van der Waals surface area (Å²) in [5, 5.41) is 5.18. The van der Waals surface area contributed by atoms with Crippen LogP contribution in [-0.2, 0) is 23.6 Å². The molecule has 104 valence electrons. The minimum Gasteiger partial charge on any atom is -0.352 e. The van der Waals surface area contributed by atoms with Crippen molar-refractivity contribution in [2.45, 2.75) is 18.4 Å². The van der Waals surface area contributed by atoms with Gasteiger partial charge in [0.2, 0.25) is 0 Å². The van der Waals surface area contributed by atoms with Crippen LogP contribution in [0, 0.1) is 6.92 Å². The van der Waals surface area contributed by atoms with Gasteiger partial charge in [-0.25, -0.2) is 13.4 Å². The molecule has 2 aromatic heterocycles. The Bertz CT molecular complexity index is 673. The van der Waals surface area contributed by atoms with Gasteiger partial charge in [-0.1, -0.05) is 0 Å². The number of aromatic nitrogens is 2. The first-order valence-electron chi connectivity index (χ1n) is 5.67. The molecule has 0 fully saturated rings. The highest BCUT2D eigenvalue weighted by atomic mass is 32.2. The zero-order valence-corrected chi connectivity index (χ0v) is 12.6. The highest BCUT2D eigenvalue weighted by molar-refractivity contribution is 7.93. The van der Waals surface area contributed by atoms with Gasteiger partial charge in [-0.3, -0.25) is 4.72 Å². The molecule has 0 aromatic carbocycles. The van der Waals surface area contributed by atoms with E-state index in [1.807, 2.05) is 21.0 Å². The first-order valence-corrected chi connectivity index (χ1v) is 8.03. The van der Waals surface area contributed by atoms with E-state index >= 15 is 0 Å². The van der Waals surface area contributed by atoms with Crippen LogP contribution >= 0.6 is 11.3 Å². The van der Waals surface area contributed by atoms with Crippen molar-refractivity contribution in [2.24, 2.45) is 7.05 Å². The maximum absolute atomic E-state index is 12.2. The second-order valence-electron chi connectivity index (χ2n) is 4.21. The molecule has 0 radical (unpaired) electrons. The lowest BCUT2D eigenvalue weighted by molar-refractivity contribution is 0.601. The number of nitrogens with one attached hydrogen (secondary N) is 2. The third kappa shape index (κ3) is 3.14. The number of aryl methyl sites for hydroxylation is 2. The van der Waals surface area contributed by atoms with Gasteiger partial charge in [-0.15, -0.1) is 11.3 Å². The van der Waals surface area contributed by atoms with Crippen LogP contribution < -0.4 is 10.0 Å². The third-order valence-electron chi connectivity index (χ3n) is 2.59. The van der Waals surface area contributed by atoms with Crippen molar-refractivity contribution in [3.63, 3.8) is 0 Å². The Kier molecular flexibility index (Phi) is 3.93. The van der Waals surface area contributed by atoms with Crippen molar-refractivity contribution >= 4 is 26.5 Å². The molecule has 0 aliphatic rings. The molecule has 19 heavy (non-hydrogen) atoms. The molecule has 2 aromatic rings. The molecule has 2 rings (SSSR count). The molecule has 0 bridgehead atoms.